The van der Waals surface area contributed by atoms with Crippen LogP contribution in [0, 0.1) is 0 Å². The SMILES string of the molecule is COc1cc(C2=CCCc3cc(Br)ccc32)ccc1Cl. The van der Waals surface area contributed by atoms with Gasteiger partial charge in [-0.25, -0.2) is 0 Å². The van der Waals surface area contributed by atoms with E-state index < -0.39 is 0 Å². The molecule has 102 valence electrons. The van der Waals surface area contributed by atoms with Crippen molar-refractivity contribution < 1.29 is 4.74 Å². The highest BCUT2D eigenvalue weighted by molar-refractivity contribution is 9.10. The summed E-state index contributed by atoms with van der Waals surface area (Å²) in [5, 5.41) is 0.642. The van der Waals surface area contributed by atoms with Crippen LogP contribution < -0.4 is 4.74 Å². The monoisotopic (exact) mass is 348 g/mol. The number of aryl methyl sites for hydroxylation is 1. The van der Waals surface area contributed by atoms with Gasteiger partial charge >= 0.3 is 0 Å². The minimum absolute atomic E-state index is 0.642. The van der Waals surface area contributed by atoms with Crippen molar-refractivity contribution in [3.05, 3.63) is 68.7 Å². The van der Waals surface area contributed by atoms with Gasteiger partial charge in [0.15, 0.2) is 0 Å². The van der Waals surface area contributed by atoms with Crippen LogP contribution in [0.15, 0.2) is 46.9 Å². The highest BCUT2D eigenvalue weighted by Crippen LogP contribution is 2.36. The van der Waals surface area contributed by atoms with Crippen molar-refractivity contribution >= 4 is 33.1 Å². The van der Waals surface area contributed by atoms with Crippen LogP contribution in [0.2, 0.25) is 5.02 Å². The molecule has 0 spiro atoms. The molecule has 3 heteroatoms. The molecule has 0 amide bonds. The van der Waals surface area contributed by atoms with Gasteiger partial charge in [-0.3, -0.25) is 0 Å². The Balaban J connectivity index is 2.09. The van der Waals surface area contributed by atoms with Gasteiger partial charge in [-0.1, -0.05) is 45.7 Å². The number of methoxy groups -OCH3 is 1. The van der Waals surface area contributed by atoms with E-state index in [1.807, 2.05) is 18.2 Å². The number of hydrogen-bond acceptors (Lipinski definition) is 1. The van der Waals surface area contributed by atoms with E-state index in [0.717, 1.165) is 22.9 Å². The minimum atomic E-state index is 0.642. The molecule has 2 aromatic carbocycles. The Labute approximate surface area is 132 Å². The lowest BCUT2D eigenvalue weighted by molar-refractivity contribution is 0.415. The van der Waals surface area contributed by atoms with Gasteiger partial charge in [-0.15, -0.1) is 0 Å². The van der Waals surface area contributed by atoms with Gasteiger partial charge in [0.05, 0.1) is 12.1 Å². The number of benzene rings is 2. The average molecular weight is 350 g/mol. The third-order valence-corrected chi connectivity index (χ3v) is 4.39. The fourth-order valence-corrected chi connectivity index (χ4v) is 3.22. The summed E-state index contributed by atoms with van der Waals surface area (Å²) in [6.07, 6.45) is 4.44. The first-order valence-corrected chi connectivity index (χ1v) is 7.69. The Morgan fingerprint density at radius 3 is 2.80 bits per heavy atom. The predicted molar refractivity (Wildman–Crippen MR) is 87.5 cm³/mol. The largest absolute Gasteiger partial charge is 0.495 e. The van der Waals surface area contributed by atoms with Crippen LogP contribution in [-0.4, -0.2) is 7.11 Å². The van der Waals surface area contributed by atoms with Crippen molar-refractivity contribution in [2.45, 2.75) is 12.8 Å². The van der Waals surface area contributed by atoms with Crippen LogP contribution in [0.1, 0.15) is 23.1 Å². The quantitative estimate of drug-likeness (QED) is 0.696. The molecule has 0 heterocycles. The van der Waals surface area contributed by atoms with E-state index in [0.29, 0.717) is 10.8 Å². The fourth-order valence-electron chi connectivity index (χ4n) is 2.61. The molecule has 0 unspecified atom stereocenters. The lowest BCUT2D eigenvalue weighted by atomic mass is 9.87. The highest BCUT2D eigenvalue weighted by atomic mass is 79.9. The zero-order valence-electron chi connectivity index (χ0n) is 11.1. The zero-order valence-corrected chi connectivity index (χ0v) is 13.5. The number of rotatable bonds is 2. The first-order chi connectivity index (χ1) is 9.69. The Hall–Kier alpha value is -1.25. The molecule has 1 aliphatic carbocycles. The molecule has 20 heavy (non-hydrogen) atoms. The molecule has 0 bridgehead atoms. The van der Waals surface area contributed by atoms with Gasteiger partial charge in [-0.2, -0.15) is 0 Å². The Morgan fingerprint density at radius 1 is 1.15 bits per heavy atom. The van der Waals surface area contributed by atoms with Crippen molar-refractivity contribution in [3.8, 4) is 5.75 Å². The van der Waals surface area contributed by atoms with E-state index in [-0.39, 0.29) is 0 Å². The van der Waals surface area contributed by atoms with Crippen LogP contribution in [0.5, 0.6) is 5.75 Å². The van der Waals surface area contributed by atoms with E-state index in [1.54, 1.807) is 7.11 Å². The van der Waals surface area contributed by atoms with Crippen LogP contribution in [-0.2, 0) is 6.42 Å². The van der Waals surface area contributed by atoms with Gasteiger partial charge in [0.1, 0.15) is 5.75 Å². The van der Waals surface area contributed by atoms with Gasteiger partial charge < -0.3 is 4.74 Å². The smallest absolute Gasteiger partial charge is 0.138 e. The van der Waals surface area contributed by atoms with Crippen LogP contribution in [0.4, 0.5) is 0 Å². The van der Waals surface area contributed by atoms with Crippen molar-refractivity contribution in [2.24, 2.45) is 0 Å². The maximum absolute atomic E-state index is 6.11. The third kappa shape index (κ3) is 2.50. The topological polar surface area (TPSA) is 9.23 Å². The molecule has 1 nitrogen and oxygen atoms in total. The van der Waals surface area contributed by atoms with Crippen molar-refractivity contribution in [1.82, 2.24) is 0 Å². The first-order valence-electron chi connectivity index (χ1n) is 6.52. The Kier molecular flexibility index (Phi) is 3.86. The standard InChI is InChI=1S/C17H14BrClO/c1-20-17-10-12(5-8-16(17)19)14-4-2-3-11-9-13(18)6-7-15(11)14/h4-10H,2-3H2,1H3. The molecule has 0 saturated heterocycles. The molecule has 0 saturated carbocycles. The number of fused-ring (bicyclic) bond motifs is 1. The van der Waals surface area contributed by atoms with Gasteiger partial charge in [0, 0.05) is 4.47 Å². The lowest BCUT2D eigenvalue weighted by Crippen LogP contribution is -2.01. The van der Waals surface area contributed by atoms with Crippen molar-refractivity contribution in [1.29, 1.82) is 0 Å². The van der Waals surface area contributed by atoms with Crippen molar-refractivity contribution in [2.75, 3.05) is 7.11 Å². The minimum Gasteiger partial charge on any atom is -0.495 e. The average Bonchev–Trinajstić information content (AvgIpc) is 2.47. The van der Waals surface area contributed by atoms with E-state index in [9.17, 15) is 0 Å². The summed E-state index contributed by atoms with van der Waals surface area (Å²) in [5.41, 5.74) is 5.08. The molecule has 0 aliphatic heterocycles. The van der Waals surface area contributed by atoms with Crippen molar-refractivity contribution in [3.63, 3.8) is 0 Å². The number of allylic oxidation sites excluding steroid dienone is 1. The molecule has 0 aromatic heterocycles. The lowest BCUT2D eigenvalue weighted by Gasteiger charge is -2.19. The molecule has 1 aliphatic rings. The van der Waals surface area contributed by atoms with Gasteiger partial charge in [0.25, 0.3) is 0 Å². The molecular weight excluding hydrogens is 336 g/mol. The second-order valence-electron chi connectivity index (χ2n) is 4.81. The maximum atomic E-state index is 6.11. The van der Waals surface area contributed by atoms with E-state index >= 15 is 0 Å². The summed E-state index contributed by atoms with van der Waals surface area (Å²) in [7, 11) is 1.64. The van der Waals surface area contributed by atoms with E-state index in [2.05, 4.69) is 40.2 Å². The second kappa shape index (κ2) is 5.63. The van der Waals surface area contributed by atoms with Crippen LogP contribution >= 0.6 is 27.5 Å². The van der Waals surface area contributed by atoms with E-state index in [4.69, 9.17) is 16.3 Å². The zero-order chi connectivity index (χ0) is 14.1. The normalized spacial score (nSPS) is 13.7. The fraction of sp³-hybridized carbons (Fsp3) is 0.176. The third-order valence-electron chi connectivity index (χ3n) is 3.58. The summed E-state index contributed by atoms with van der Waals surface area (Å²) >= 11 is 9.65. The second-order valence-corrected chi connectivity index (χ2v) is 6.13. The highest BCUT2D eigenvalue weighted by Gasteiger charge is 2.15. The van der Waals surface area contributed by atoms with Gasteiger partial charge in [0.2, 0.25) is 0 Å². The number of ether oxygens (including phenoxy) is 1. The molecule has 2 aromatic rings. The summed E-state index contributed by atoms with van der Waals surface area (Å²) in [6, 6.07) is 12.4. The molecule has 0 fully saturated rings. The van der Waals surface area contributed by atoms with E-state index in [1.165, 1.54) is 16.7 Å². The van der Waals surface area contributed by atoms with Gasteiger partial charge in [-0.05, 0) is 59.4 Å². The molecule has 3 rings (SSSR count). The predicted octanol–water partition coefficient (Wildman–Crippen LogP) is 5.49. The summed E-state index contributed by atoms with van der Waals surface area (Å²) in [5.74, 6) is 0.717. The Bertz CT molecular complexity index is 691. The summed E-state index contributed by atoms with van der Waals surface area (Å²) in [6.45, 7) is 0. The molecular formula is C17H14BrClO. The molecule has 0 atom stereocenters. The van der Waals surface area contributed by atoms with Crippen LogP contribution in [0.3, 0.4) is 0 Å². The van der Waals surface area contributed by atoms with Crippen LogP contribution in [0.25, 0.3) is 5.57 Å². The molecule has 0 N–H and O–H groups in total. The first kappa shape index (κ1) is 13.7. The summed E-state index contributed by atoms with van der Waals surface area (Å²) in [4.78, 5) is 0. The number of halogens is 2. The number of hydrogen-bond donors (Lipinski definition) is 0. The summed E-state index contributed by atoms with van der Waals surface area (Å²) < 4.78 is 6.45. The maximum Gasteiger partial charge on any atom is 0.138 e. The molecule has 0 radical (unpaired) electrons. The Morgan fingerprint density at radius 2 is 2.00 bits per heavy atom.